The van der Waals surface area contributed by atoms with Gasteiger partial charge in [-0.25, -0.2) is 0 Å². The van der Waals surface area contributed by atoms with E-state index in [4.69, 9.17) is 18.9 Å². The molecule has 0 radical (unpaired) electrons. The molecule has 3 aromatic rings. The first-order valence-corrected chi connectivity index (χ1v) is 13.9. The van der Waals surface area contributed by atoms with Crippen LogP contribution in [0.1, 0.15) is 53.5 Å². The Morgan fingerprint density at radius 2 is 1.28 bits per heavy atom. The fourth-order valence-corrected chi connectivity index (χ4v) is 4.80. The molecule has 208 valence electrons. The molecule has 0 saturated carbocycles. The third kappa shape index (κ3) is 9.03. The Kier molecular flexibility index (Phi) is 10.3. The minimum absolute atomic E-state index is 0.0412. The first-order valence-electron chi connectivity index (χ1n) is 13.9. The molecule has 1 aliphatic heterocycles. The highest BCUT2D eigenvalue weighted by molar-refractivity contribution is 5.71. The van der Waals surface area contributed by atoms with E-state index in [0.717, 1.165) is 54.1 Å². The van der Waals surface area contributed by atoms with E-state index >= 15 is 0 Å². The van der Waals surface area contributed by atoms with Gasteiger partial charge in [0.2, 0.25) is 0 Å². The fourth-order valence-electron chi connectivity index (χ4n) is 4.80. The van der Waals surface area contributed by atoms with Crippen molar-refractivity contribution in [3.05, 3.63) is 88.5 Å². The molecule has 1 N–H and O–H groups in total. The van der Waals surface area contributed by atoms with Crippen LogP contribution in [0, 0.1) is 20.8 Å². The Labute approximate surface area is 231 Å². The average Bonchev–Trinajstić information content (AvgIpc) is 2.90. The van der Waals surface area contributed by atoms with Crippen molar-refractivity contribution in [2.75, 3.05) is 19.8 Å². The number of hydrogen-bond donors (Lipinski definition) is 1. The molecule has 0 amide bonds. The largest absolute Gasteiger partial charge is 0.494 e. The number of aliphatic hydroxyl groups excluding tert-OH is 1. The van der Waals surface area contributed by atoms with E-state index in [1.165, 1.54) is 16.7 Å². The molecule has 1 aliphatic rings. The van der Waals surface area contributed by atoms with Gasteiger partial charge in [-0.3, -0.25) is 4.79 Å². The Morgan fingerprint density at radius 1 is 0.769 bits per heavy atom. The van der Waals surface area contributed by atoms with Gasteiger partial charge in [0, 0.05) is 6.42 Å². The molecule has 6 nitrogen and oxygen atoms in total. The molecule has 0 bridgehead atoms. The third-order valence-corrected chi connectivity index (χ3v) is 6.80. The van der Waals surface area contributed by atoms with Crippen LogP contribution in [0.15, 0.2) is 60.7 Å². The number of aryl methyl sites for hydroxylation is 5. The van der Waals surface area contributed by atoms with Gasteiger partial charge in [0.1, 0.15) is 30.0 Å². The summed E-state index contributed by atoms with van der Waals surface area (Å²) in [6.07, 6.45) is 2.54. The maximum Gasteiger partial charge on any atom is 0.308 e. The highest BCUT2D eigenvalue weighted by Crippen LogP contribution is 2.30. The zero-order chi connectivity index (χ0) is 27.6. The van der Waals surface area contributed by atoms with Crippen LogP contribution in [0.2, 0.25) is 0 Å². The number of esters is 1. The highest BCUT2D eigenvalue weighted by Gasteiger charge is 2.28. The van der Waals surface area contributed by atoms with Gasteiger partial charge in [0.25, 0.3) is 0 Å². The van der Waals surface area contributed by atoms with Gasteiger partial charge < -0.3 is 24.1 Å². The lowest BCUT2D eigenvalue weighted by Gasteiger charge is -2.27. The molecular formula is C33H40O6. The number of carbonyl (C=O) groups is 1. The highest BCUT2D eigenvalue weighted by atomic mass is 16.6. The zero-order valence-corrected chi connectivity index (χ0v) is 23.3. The molecule has 39 heavy (non-hydrogen) atoms. The van der Waals surface area contributed by atoms with Gasteiger partial charge in [-0.2, -0.15) is 0 Å². The number of hydrogen-bond acceptors (Lipinski definition) is 6. The standard InChI is InChI=1S/C33H40O6/c1-23-8-12-29(13-9-23)36-16-4-6-26-18-25(3)19-27(7-5-17-37-30-14-10-24(2)11-15-30)33(26)38-22-31-20-28(34)21-32(35)39-31/h8-15,18-19,28,31,34H,4-7,16-17,20-22H2,1-3H3. The van der Waals surface area contributed by atoms with E-state index in [9.17, 15) is 9.90 Å². The van der Waals surface area contributed by atoms with Gasteiger partial charge in [-0.15, -0.1) is 0 Å². The summed E-state index contributed by atoms with van der Waals surface area (Å²) < 4.78 is 23.7. The summed E-state index contributed by atoms with van der Waals surface area (Å²) >= 11 is 0. The minimum atomic E-state index is -0.686. The average molecular weight is 533 g/mol. The third-order valence-electron chi connectivity index (χ3n) is 6.80. The van der Waals surface area contributed by atoms with Crippen LogP contribution in [0.25, 0.3) is 0 Å². The number of ether oxygens (including phenoxy) is 4. The maximum atomic E-state index is 11.8. The lowest BCUT2D eigenvalue weighted by molar-refractivity contribution is -0.162. The molecule has 0 aromatic heterocycles. The molecule has 4 rings (SSSR count). The Bertz CT molecular complexity index is 1130. The smallest absolute Gasteiger partial charge is 0.308 e. The quantitative estimate of drug-likeness (QED) is 0.212. The van der Waals surface area contributed by atoms with E-state index in [0.29, 0.717) is 19.6 Å². The maximum absolute atomic E-state index is 11.8. The SMILES string of the molecule is Cc1ccc(OCCCc2cc(C)cc(CCCOc3ccc(C)cc3)c2OCC2CC(O)CC(=O)O2)cc1. The summed E-state index contributed by atoms with van der Waals surface area (Å²) in [7, 11) is 0. The summed E-state index contributed by atoms with van der Waals surface area (Å²) in [5.74, 6) is 2.19. The summed E-state index contributed by atoms with van der Waals surface area (Å²) in [6.45, 7) is 7.63. The lowest BCUT2D eigenvalue weighted by atomic mass is 9.98. The Morgan fingerprint density at radius 3 is 1.77 bits per heavy atom. The van der Waals surface area contributed by atoms with Gasteiger partial charge >= 0.3 is 5.97 Å². The topological polar surface area (TPSA) is 74.2 Å². The van der Waals surface area contributed by atoms with Gasteiger partial charge in [0.05, 0.1) is 25.7 Å². The van der Waals surface area contributed by atoms with Crippen molar-refractivity contribution in [3.8, 4) is 17.2 Å². The van der Waals surface area contributed by atoms with Crippen molar-refractivity contribution < 1.29 is 28.8 Å². The van der Waals surface area contributed by atoms with E-state index in [1.807, 2.05) is 48.5 Å². The molecule has 1 saturated heterocycles. The summed E-state index contributed by atoms with van der Waals surface area (Å²) in [4.78, 5) is 11.8. The van der Waals surface area contributed by atoms with Crippen LogP contribution in [0.4, 0.5) is 0 Å². The molecule has 2 unspecified atom stereocenters. The van der Waals surface area contributed by atoms with E-state index in [-0.39, 0.29) is 19.0 Å². The summed E-state index contributed by atoms with van der Waals surface area (Å²) in [5, 5.41) is 10.0. The van der Waals surface area contributed by atoms with Crippen LogP contribution in [-0.4, -0.2) is 43.1 Å². The minimum Gasteiger partial charge on any atom is -0.494 e. The first kappa shape index (κ1) is 28.5. The van der Waals surface area contributed by atoms with Crippen LogP contribution in [0.5, 0.6) is 17.2 Å². The Hall–Kier alpha value is -3.51. The zero-order valence-electron chi connectivity index (χ0n) is 23.3. The van der Waals surface area contributed by atoms with Gasteiger partial charge in [0.15, 0.2) is 0 Å². The number of aliphatic hydroxyl groups is 1. The van der Waals surface area contributed by atoms with Crippen molar-refractivity contribution in [3.63, 3.8) is 0 Å². The van der Waals surface area contributed by atoms with Crippen molar-refractivity contribution in [2.45, 2.75) is 71.5 Å². The molecule has 2 atom stereocenters. The van der Waals surface area contributed by atoms with Gasteiger partial charge in [-0.05, 0) is 81.8 Å². The van der Waals surface area contributed by atoms with Crippen LogP contribution >= 0.6 is 0 Å². The number of carbonyl (C=O) groups excluding carboxylic acids is 1. The van der Waals surface area contributed by atoms with Crippen LogP contribution in [-0.2, 0) is 22.4 Å². The van der Waals surface area contributed by atoms with Crippen molar-refractivity contribution >= 4 is 5.97 Å². The predicted octanol–water partition coefficient (Wildman–Crippen LogP) is 6.08. The van der Waals surface area contributed by atoms with E-state index in [2.05, 4.69) is 32.9 Å². The second-order valence-electron chi connectivity index (χ2n) is 10.5. The van der Waals surface area contributed by atoms with Crippen LogP contribution in [0.3, 0.4) is 0 Å². The van der Waals surface area contributed by atoms with Crippen molar-refractivity contribution in [1.82, 2.24) is 0 Å². The molecular weight excluding hydrogens is 492 g/mol. The molecule has 3 aromatic carbocycles. The second kappa shape index (κ2) is 14.0. The predicted molar refractivity (Wildman–Crippen MR) is 152 cm³/mol. The normalized spacial score (nSPS) is 17.0. The number of rotatable bonds is 13. The number of benzene rings is 3. The van der Waals surface area contributed by atoms with Crippen molar-refractivity contribution in [1.29, 1.82) is 0 Å². The number of cyclic esters (lactones) is 1. The monoisotopic (exact) mass is 532 g/mol. The second-order valence-corrected chi connectivity index (χ2v) is 10.5. The molecule has 1 fully saturated rings. The van der Waals surface area contributed by atoms with Crippen molar-refractivity contribution in [2.24, 2.45) is 0 Å². The van der Waals surface area contributed by atoms with Crippen LogP contribution < -0.4 is 14.2 Å². The van der Waals surface area contributed by atoms with Gasteiger partial charge in [-0.1, -0.05) is 53.1 Å². The molecule has 0 aliphatic carbocycles. The fraction of sp³-hybridized carbons (Fsp3) is 0.424. The van der Waals surface area contributed by atoms with E-state index in [1.54, 1.807) is 0 Å². The molecule has 0 spiro atoms. The Balaban J connectivity index is 1.41. The summed E-state index contributed by atoms with van der Waals surface area (Å²) in [6, 6.07) is 20.5. The lowest BCUT2D eigenvalue weighted by Crippen LogP contribution is -2.36. The molecule has 1 heterocycles. The van der Waals surface area contributed by atoms with E-state index < -0.39 is 12.2 Å². The molecule has 6 heteroatoms. The first-order chi connectivity index (χ1) is 18.9. The summed E-state index contributed by atoms with van der Waals surface area (Å²) in [5.41, 5.74) is 5.80.